The van der Waals surface area contributed by atoms with E-state index >= 15 is 0 Å². The minimum atomic E-state index is -0.0243. The lowest BCUT2D eigenvalue weighted by Gasteiger charge is -2.18. The number of aryl methyl sites for hydroxylation is 1. The molecule has 0 saturated heterocycles. The number of rotatable bonds is 8. The number of hydrogen-bond acceptors (Lipinski definition) is 3. The first-order valence-corrected chi connectivity index (χ1v) is 11.2. The summed E-state index contributed by atoms with van der Waals surface area (Å²) in [6.07, 6.45) is 0.782. The van der Waals surface area contributed by atoms with Crippen LogP contribution < -0.4 is 5.32 Å². The molecule has 0 aliphatic carbocycles. The fourth-order valence-corrected chi connectivity index (χ4v) is 4.10. The third kappa shape index (κ3) is 5.57. The molecule has 5 nitrogen and oxygen atoms in total. The predicted molar refractivity (Wildman–Crippen MR) is 134 cm³/mol. The molecule has 0 aliphatic rings. The number of carbonyl (C=O) groups excluding carboxylic acids is 1. The molecule has 0 aliphatic heterocycles. The van der Waals surface area contributed by atoms with Crippen molar-refractivity contribution in [3.63, 3.8) is 0 Å². The third-order valence-corrected chi connectivity index (χ3v) is 5.81. The number of aromatic nitrogens is 2. The van der Waals surface area contributed by atoms with Crippen molar-refractivity contribution in [2.75, 3.05) is 18.9 Å². The Labute approximate surface area is 195 Å². The summed E-state index contributed by atoms with van der Waals surface area (Å²) >= 11 is 0. The van der Waals surface area contributed by atoms with E-state index in [4.69, 9.17) is 5.10 Å². The lowest BCUT2D eigenvalue weighted by Crippen LogP contribution is -2.30. The van der Waals surface area contributed by atoms with Crippen LogP contribution >= 0.6 is 0 Å². The van der Waals surface area contributed by atoms with Gasteiger partial charge in [-0.2, -0.15) is 5.10 Å². The monoisotopic (exact) mass is 438 g/mol. The Kier molecular flexibility index (Phi) is 7.01. The molecule has 0 bridgehead atoms. The number of hydrogen-bond donors (Lipinski definition) is 1. The second-order valence-electron chi connectivity index (χ2n) is 8.44. The van der Waals surface area contributed by atoms with Crippen molar-refractivity contribution in [2.45, 2.75) is 26.8 Å². The van der Waals surface area contributed by atoms with Crippen molar-refractivity contribution in [1.29, 1.82) is 0 Å². The highest BCUT2D eigenvalue weighted by molar-refractivity contribution is 5.93. The number of likely N-dealkylation sites (N-methyl/N-ethyl adjacent to an activating group) is 1. The van der Waals surface area contributed by atoms with Gasteiger partial charge >= 0.3 is 0 Å². The average molecular weight is 439 g/mol. The van der Waals surface area contributed by atoms with Gasteiger partial charge < -0.3 is 5.32 Å². The van der Waals surface area contributed by atoms with Crippen LogP contribution in [-0.4, -0.2) is 34.2 Å². The molecule has 5 heteroatoms. The van der Waals surface area contributed by atoms with E-state index in [1.165, 1.54) is 5.56 Å². The van der Waals surface area contributed by atoms with Gasteiger partial charge in [-0.1, -0.05) is 66.7 Å². The van der Waals surface area contributed by atoms with Crippen molar-refractivity contribution in [3.05, 3.63) is 113 Å². The summed E-state index contributed by atoms with van der Waals surface area (Å²) in [4.78, 5) is 14.9. The minimum absolute atomic E-state index is 0.0243. The van der Waals surface area contributed by atoms with Crippen LogP contribution in [0.25, 0.3) is 5.69 Å². The van der Waals surface area contributed by atoms with Gasteiger partial charge in [-0.15, -0.1) is 0 Å². The first-order chi connectivity index (χ1) is 16.0. The molecule has 1 aromatic heterocycles. The Morgan fingerprint density at radius 3 is 2.27 bits per heavy atom. The van der Waals surface area contributed by atoms with E-state index in [0.717, 1.165) is 40.3 Å². The fourth-order valence-electron chi connectivity index (χ4n) is 4.10. The van der Waals surface area contributed by atoms with Crippen molar-refractivity contribution in [2.24, 2.45) is 0 Å². The standard InChI is InChI=1S/C28H30N4O/c1-21-26(22(2)32(30-21)25-15-8-5-9-16-25)19-31(3)20-28(33)29-27-17-11-10-14-24(27)18-23-12-6-4-7-13-23/h4-17H,18-20H2,1-3H3,(H,29,33). The van der Waals surface area contributed by atoms with E-state index < -0.39 is 0 Å². The van der Waals surface area contributed by atoms with Gasteiger partial charge in [-0.25, -0.2) is 4.68 Å². The molecule has 168 valence electrons. The SMILES string of the molecule is Cc1nn(-c2ccccc2)c(C)c1CN(C)CC(=O)Nc1ccccc1Cc1ccccc1. The molecular formula is C28H30N4O. The molecule has 0 atom stereocenters. The molecule has 0 radical (unpaired) electrons. The first kappa shape index (κ1) is 22.5. The van der Waals surface area contributed by atoms with E-state index in [0.29, 0.717) is 13.1 Å². The van der Waals surface area contributed by atoms with Crippen molar-refractivity contribution < 1.29 is 4.79 Å². The lowest BCUT2D eigenvalue weighted by molar-refractivity contribution is -0.117. The third-order valence-electron chi connectivity index (χ3n) is 5.81. The smallest absolute Gasteiger partial charge is 0.238 e. The summed E-state index contributed by atoms with van der Waals surface area (Å²) in [7, 11) is 1.97. The number of nitrogens with zero attached hydrogens (tertiary/aromatic N) is 3. The zero-order valence-corrected chi connectivity index (χ0v) is 19.5. The average Bonchev–Trinajstić information content (AvgIpc) is 3.10. The molecule has 1 heterocycles. The summed E-state index contributed by atoms with van der Waals surface area (Å²) < 4.78 is 1.97. The van der Waals surface area contributed by atoms with Crippen LogP contribution in [0.1, 0.15) is 28.1 Å². The maximum Gasteiger partial charge on any atom is 0.238 e. The highest BCUT2D eigenvalue weighted by atomic mass is 16.2. The topological polar surface area (TPSA) is 50.2 Å². The molecule has 0 spiro atoms. The quantitative estimate of drug-likeness (QED) is 0.414. The highest BCUT2D eigenvalue weighted by Crippen LogP contribution is 2.21. The Morgan fingerprint density at radius 1 is 0.909 bits per heavy atom. The maximum absolute atomic E-state index is 12.8. The normalized spacial score (nSPS) is 11.0. The molecule has 1 amide bonds. The number of amides is 1. The van der Waals surface area contributed by atoms with Gasteiger partial charge in [0.2, 0.25) is 5.91 Å². The van der Waals surface area contributed by atoms with Crippen LogP contribution in [0.3, 0.4) is 0 Å². The molecule has 33 heavy (non-hydrogen) atoms. The number of benzene rings is 3. The lowest BCUT2D eigenvalue weighted by atomic mass is 10.0. The van der Waals surface area contributed by atoms with E-state index in [1.807, 2.05) is 90.3 Å². The Hall–Kier alpha value is -3.70. The molecule has 0 unspecified atom stereocenters. The van der Waals surface area contributed by atoms with Gasteiger partial charge in [0.05, 0.1) is 17.9 Å². The summed E-state index contributed by atoms with van der Waals surface area (Å²) in [5.41, 5.74) is 7.46. The van der Waals surface area contributed by atoms with Crippen LogP contribution in [-0.2, 0) is 17.8 Å². The Balaban J connectivity index is 1.41. The fraction of sp³-hybridized carbons (Fsp3) is 0.214. The van der Waals surface area contributed by atoms with E-state index in [-0.39, 0.29) is 5.91 Å². The first-order valence-electron chi connectivity index (χ1n) is 11.2. The molecule has 4 aromatic rings. The number of anilines is 1. The van der Waals surface area contributed by atoms with Gasteiger partial charge in [-0.05, 0) is 56.6 Å². The molecule has 3 aromatic carbocycles. The van der Waals surface area contributed by atoms with Crippen molar-refractivity contribution in [1.82, 2.24) is 14.7 Å². The molecule has 0 saturated carbocycles. The predicted octanol–water partition coefficient (Wildman–Crippen LogP) is 5.15. The molecule has 1 N–H and O–H groups in total. The number of para-hydroxylation sites is 2. The van der Waals surface area contributed by atoms with E-state index in [9.17, 15) is 4.79 Å². The van der Waals surface area contributed by atoms with E-state index in [2.05, 4.69) is 30.4 Å². The van der Waals surface area contributed by atoms with Crippen LogP contribution in [0.4, 0.5) is 5.69 Å². The second-order valence-corrected chi connectivity index (χ2v) is 8.44. The Morgan fingerprint density at radius 2 is 1.55 bits per heavy atom. The van der Waals surface area contributed by atoms with Gasteiger partial charge in [0.1, 0.15) is 0 Å². The summed E-state index contributed by atoms with van der Waals surface area (Å²) in [5.74, 6) is -0.0243. The maximum atomic E-state index is 12.8. The molecular weight excluding hydrogens is 408 g/mol. The van der Waals surface area contributed by atoms with Crippen LogP contribution in [0.15, 0.2) is 84.9 Å². The highest BCUT2D eigenvalue weighted by Gasteiger charge is 2.16. The van der Waals surface area contributed by atoms with E-state index in [1.54, 1.807) is 0 Å². The van der Waals surface area contributed by atoms with Crippen molar-refractivity contribution in [3.8, 4) is 5.69 Å². The van der Waals surface area contributed by atoms with Crippen molar-refractivity contribution >= 4 is 11.6 Å². The van der Waals surface area contributed by atoms with Crippen LogP contribution in [0.2, 0.25) is 0 Å². The van der Waals surface area contributed by atoms with Gasteiger partial charge in [0.15, 0.2) is 0 Å². The summed E-state index contributed by atoms with van der Waals surface area (Å²) in [6.45, 7) is 5.06. The molecule has 0 fully saturated rings. The largest absolute Gasteiger partial charge is 0.325 e. The van der Waals surface area contributed by atoms with Gasteiger partial charge in [0.25, 0.3) is 0 Å². The summed E-state index contributed by atoms with van der Waals surface area (Å²) in [5, 5.41) is 7.83. The number of nitrogens with one attached hydrogen (secondary N) is 1. The zero-order valence-electron chi connectivity index (χ0n) is 19.5. The second kappa shape index (κ2) is 10.3. The zero-order chi connectivity index (χ0) is 23.2. The van der Waals surface area contributed by atoms with Gasteiger partial charge in [0, 0.05) is 23.5 Å². The summed E-state index contributed by atoms with van der Waals surface area (Å²) in [6, 6.07) is 28.4. The molecule has 4 rings (SSSR count). The van der Waals surface area contributed by atoms with Crippen LogP contribution in [0.5, 0.6) is 0 Å². The van der Waals surface area contributed by atoms with Crippen LogP contribution in [0, 0.1) is 13.8 Å². The Bertz CT molecular complexity index is 1220. The van der Waals surface area contributed by atoms with Gasteiger partial charge in [-0.3, -0.25) is 9.69 Å². The minimum Gasteiger partial charge on any atom is -0.325 e. The number of carbonyl (C=O) groups is 1.